The maximum atomic E-state index is 2.72. The molecule has 0 amide bonds. The van der Waals surface area contributed by atoms with Gasteiger partial charge in [0.2, 0.25) is 0 Å². The van der Waals surface area contributed by atoms with E-state index in [2.05, 4.69) is 41.5 Å². The van der Waals surface area contributed by atoms with E-state index >= 15 is 0 Å². The minimum Gasteiger partial charge on any atom is -0.0651 e. The van der Waals surface area contributed by atoms with Crippen molar-refractivity contribution in [3.8, 4) is 0 Å². The third-order valence-corrected chi connectivity index (χ3v) is 9.48. The van der Waals surface area contributed by atoms with Crippen LogP contribution in [0.3, 0.4) is 0 Å². The van der Waals surface area contributed by atoms with E-state index in [-0.39, 0.29) is 0 Å². The van der Waals surface area contributed by atoms with Gasteiger partial charge in [0.05, 0.1) is 0 Å². The van der Waals surface area contributed by atoms with Crippen molar-refractivity contribution in [1.29, 1.82) is 0 Å². The van der Waals surface area contributed by atoms with Gasteiger partial charge in [-0.2, -0.15) is 0 Å². The van der Waals surface area contributed by atoms with Gasteiger partial charge in [-0.3, -0.25) is 0 Å². The number of hydrogen-bond acceptors (Lipinski definition) is 0. The molecule has 0 spiro atoms. The summed E-state index contributed by atoms with van der Waals surface area (Å²) in [6, 6.07) is 0. The molecule has 0 bridgehead atoms. The van der Waals surface area contributed by atoms with Gasteiger partial charge < -0.3 is 0 Å². The van der Waals surface area contributed by atoms with Crippen molar-refractivity contribution >= 4 is 0 Å². The summed E-state index contributed by atoms with van der Waals surface area (Å²) in [5.41, 5.74) is 1.26. The van der Waals surface area contributed by atoms with Crippen LogP contribution in [0.4, 0.5) is 0 Å². The second-order valence-corrected chi connectivity index (χ2v) is 10.2. The number of fused-ring (bicyclic) bond motifs is 3. The summed E-state index contributed by atoms with van der Waals surface area (Å²) in [4.78, 5) is 0. The first-order chi connectivity index (χ1) is 10.9. The highest BCUT2D eigenvalue weighted by Crippen LogP contribution is 2.66. The van der Waals surface area contributed by atoms with E-state index in [4.69, 9.17) is 0 Å². The molecule has 0 aromatic carbocycles. The summed E-state index contributed by atoms with van der Waals surface area (Å²) in [5.74, 6) is 5.92. The largest absolute Gasteiger partial charge is 0.0651 e. The predicted octanol–water partition coefficient (Wildman–Crippen LogP) is 7.33. The van der Waals surface area contributed by atoms with Crippen LogP contribution in [0.15, 0.2) is 0 Å². The lowest BCUT2D eigenvalue weighted by atomic mass is 9.41. The average Bonchev–Trinajstić information content (AvgIpc) is 2.53. The Hall–Kier alpha value is 0. The SMILES string of the molecule is CCC1C2C[C@H](CC)C3CCCCC3(C)[C@H]2CCC1(C)C(C)C. The van der Waals surface area contributed by atoms with E-state index in [0.717, 1.165) is 35.5 Å². The zero-order valence-electron chi connectivity index (χ0n) is 16.8. The Morgan fingerprint density at radius 1 is 0.913 bits per heavy atom. The second kappa shape index (κ2) is 6.38. The summed E-state index contributed by atoms with van der Waals surface area (Å²) in [7, 11) is 0. The lowest BCUT2D eigenvalue weighted by Gasteiger charge is -2.64. The molecule has 3 fully saturated rings. The normalized spacial score (nSPS) is 50.5. The molecule has 0 aromatic rings. The smallest absolute Gasteiger partial charge is 0.0264 e. The van der Waals surface area contributed by atoms with Crippen molar-refractivity contribution in [2.75, 3.05) is 0 Å². The van der Waals surface area contributed by atoms with Gasteiger partial charge in [-0.15, -0.1) is 0 Å². The molecular weight excluding hydrogens is 276 g/mol. The summed E-state index contributed by atoms with van der Waals surface area (Å²) >= 11 is 0. The summed E-state index contributed by atoms with van der Waals surface area (Å²) in [6.07, 6.45) is 13.5. The van der Waals surface area contributed by atoms with Crippen LogP contribution in [-0.4, -0.2) is 0 Å². The van der Waals surface area contributed by atoms with Crippen LogP contribution in [0.5, 0.6) is 0 Å². The van der Waals surface area contributed by atoms with E-state index in [1.54, 1.807) is 6.42 Å². The first kappa shape index (κ1) is 17.8. The molecule has 0 aliphatic heterocycles. The number of hydrogen-bond donors (Lipinski definition) is 0. The summed E-state index contributed by atoms with van der Waals surface area (Å²) in [6.45, 7) is 15.3. The Morgan fingerprint density at radius 2 is 1.65 bits per heavy atom. The van der Waals surface area contributed by atoms with Gasteiger partial charge in [-0.05, 0) is 78.4 Å². The number of rotatable bonds is 3. The van der Waals surface area contributed by atoms with E-state index in [1.165, 1.54) is 51.4 Å². The molecule has 134 valence electrons. The second-order valence-electron chi connectivity index (χ2n) is 10.2. The van der Waals surface area contributed by atoms with Gasteiger partial charge in [0.15, 0.2) is 0 Å². The Balaban J connectivity index is 1.95. The Kier molecular flexibility index (Phi) is 4.94. The van der Waals surface area contributed by atoms with Crippen LogP contribution in [0.2, 0.25) is 0 Å². The van der Waals surface area contributed by atoms with Gasteiger partial charge in [0.25, 0.3) is 0 Å². The molecule has 0 N–H and O–H groups in total. The van der Waals surface area contributed by atoms with Crippen molar-refractivity contribution in [3.63, 3.8) is 0 Å². The molecule has 0 nitrogen and oxygen atoms in total. The van der Waals surface area contributed by atoms with Gasteiger partial charge >= 0.3 is 0 Å². The van der Waals surface area contributed by atoms with Crippen molar-refractivity contribution in [1.82, 2.24) is 0 Å². The Bertz CT molecular complexity index is 410. The first-order valence-corrected chi connectivity index (χ1v) is 10.9. The van der Waals surface area contributed by atoms with Crippen LogP contribution in [0.1, 0.15) is 99.3 Å². The van der Waals surface area contributed by atoms with Gasteiger partial charge in [-0.25, -0.2) is 0 Å². The fourth-order valence-electron chi connectivity index (χ4n) is 7.85. The van der Waals surface area contributed by atoms with E-state index in [1.807, 2.05) is 0 Å². The molecular formula is C23H42. The molecule has 0 heterocycles. The maximum Gasteiger partial charge on any atom is -0.0264 e. The highest BCUT2D eigenvalue weighted by atomic mass is 14.6. The summed E-state index contributed by atoms with van der Waals surface area (Å²) in [5, 5.41) is 0. The molecule has 0 aromatic heterocycles. The molecule has 0 radical (unpaired) electrons. The average molecular weight is 319 g/mol. The molecule has 3 rings (SSSR count). The van der Waals surface area contributed by atoms with Gasteiger partial charge in [0.1, 0.15) is 0 Å². The van der Waals surface area contributed by atoms with E-state index in [9.17, 15) is 0 Å². The minimum atomic E-state index is 0.589. The lowest BCUT2D eigenvalue weighted by Crippen LogP contribution is -2.56. The molecule has 5 unspecified atom stereocenters. The maximum absolute atomic E-state index is 2.72. The van der Waals surface area contributed by atoms with Gasteiger partial charge in [-0.1, -0.05) is 67.2 Å². The fraction of sp³-hybridized carbons (Fsp3) is 1.00. The fourth-order valence-corrected chi connectivity index (χ4v) is 7.85. The Labute approximate surface area is 146 Å². The van der Waals surface area contributed by atoms with E-state index in [0.29, 0.717) is 10.8 Å². The Morgan fingerprint density at radius 3 is 2.26 bits per heavy atom. The van der Waals surface area contributed by atoms with E-state index < -0.39 is 0 Å². The highest BCUT2D eigenvalue weighted by molar-refractivity contribution is 5.07. The van der Waals surface area contributed by atoms with Crippen molar-refractivity contribution in [2.24, 2.45) is 46.3 Å². The van der Waals surface area contributed by atoms with Crippen LogP contribution in [-0.2, 0) is 0 Å². The first-order valence-electron chi connectivity index (χ1n) is 10.9. The van der Waals surface area contributed by atoms with Crippen LogP contribution >= 0.6 is 0 Å². The zero-order valence-corrected chi connectivity index (χ0v) is 16.8. The molecule has 0 heteroatoms. The minimum absolute atomic E-state index is 0.589. The zero-order chi connectivity index (χ0) is 16.8. The van der Waals surface area contributed by atoms with Crippen LogP contribution in [0, 0.1) is 46.3 Å². The van der Waals surface area contributed by atoms with Crippen molar-refractivity contribution in [2.45, 2.75) is 99.3 Å². The molecule has 7 atom stereocenters. The third kappa shape index (κ3) is 2.62. The molecule has 0 saturated heterocycles. The van der Waals surface area contributed by atoms with Crippen LogP contribution < -0.4 is 0 Å². The van der Waals surface area contributed by atoms with Crippen molar-refractivity contribution in [3.05, 3.63) is 0 Å². The van der Waals surface area contributed by atoms with Crippen LogP contribution in [0.25, 0.3) is 0 Å². The monoisotopic (exact) mass is 318 g/mol. The molecule has 3 saturated carbocycles. The predicted molar refractivity (Wildman–Crippen MR) is 101 cm³/mol. The third-order valence-electron chi connectivity index (χ3n) is 9.48. The molecule has 23 heavy (non-hydrogen) atoms. The van der Waals surface area contributed by atoms with Crippen molar-refractivity contribution < 1.29 is 0 Å². The van der Waals surface area contributed by atoms with Gasteiger partial charge in [0, 0.05) is 0 Å². The highest BCUT2D eigenvalue weighted by Gasteiger charge is 2.58. The molecule has 3 aliphatic rings. The lowest BCUT2D eigenvalue weighted by molar-refractivity contribution is -0.146. The molecule has 3 aliphatic carbocycles. The topological polar surface area (TPSA) is 0 Å². The summed E-state index contributed by atoms with van der Waals surface area (Å²) < 4.78 is 0. The quantitative estimate of drug-likeness (QED) is 0.511. The standard InChI is InChI=1S/C23H42/c1-7-17-15-18-19(8-2)22(5,16(3)4)14-12-21(18)23(6)13-10-9-11-20(17)23/h16-21H,7-15H2,1-6H3/t17-,18?,19?,20?,21-,22?,23?/m0/s1.